The fourth-order valence-corrected chi connectivity index (χ4v) is 2.09. The molecule has 0 bridgehead atoms. The van der Waals surface area contributed by atoms with Crippen molar-refractivity contribution in [3.8, 4) is 0 Å². The van der Waals surface area contributed by atoms with Gasteiger partial charge in [0, 0.05) is 0 Å². The summed E-state index contributed by atoms with van der Waals surface area (Å²) in [7, 11) is 0. The molecular weight excluding hydrogens is 266 g/mol. The molecule has 0 aliphatic rings. The van der Waals surface area contributed by atoms with Crippen LogP contribution in [0.25, 0.3) is 0 Å². The summed E-state index contributed by atoms with van der Waals surface area (Å²) in [4.78, 5) is 2.49. The van der Waals surface area contributed by atoms with E-state index in [4.69, 9.17) is 4.74 Å². The lowest BCUT2D eigenvalue weighted by atomic mass is 10.2. The van der Waals surface area contributed by atoms with Crippen molar-refractivity contribution in [1.82, 2.24) is 15.5 Å². The first kappa shape index (κ1) is 20.8. The first-order chi connectivity index (χ1) is 9.89. The molecule has 0 spiro atoms. The van der Waals surface area contributed by atoms with Gasteiger partial charge in [-0.05, 0) is 79.3 Å². The molecule has 0 amide bonds. The maximum absolute atomic E-state index is 9.66. The second kappa shape index (κ2) is 12.4. The summed E-state index contributed by atoms with van der Waals surface area (Å²) < 4.78 is 5.39. The molecule has 1 unspecified atom stereocenters. The number of unbranched alkanes of at least 4 members (excludes halogenated alkanes) is 1. The van der Waals surface area contributed by atoms with Crippen molar-refractivity contribution in [3.05, 3.63) is 0 Å². The highest BCUT2D eigenvalue weighted by atomic mass is 16.6. The average molecular weight is 303 g/mol. The van der Waals surface area contributed by atoms with Gasteiger partial charge in [-0.1, -0.05) is 13.8 Å². The molecule has 0 aromatic rings. The lowest BCUT2D eigenvalue weighted by Gasteiger charge is -2.24. The molecule has 0 aliphatic carbocycles. The Hall–Kier alpha value is -0.200. The molecule has 3 N–H and O–H groups in total. The van der Waals surface area contributed by atoms with E-state index < -0.39 is 6.41 Å². The molecule has 0 saturated heterocycles. The van der Waals surface area contributed by atoms with Crippen molar-refractivity contribution in [2.45, 2.75) is 65.9 Å². The van der Waals surface area contributed by atoms with E-state index in [1.54, 1.807) is 0 Å². The van der Waals surface area contributed by atoms with Crippen LogP contribution in [0, 0.1) is 0 Å². The normalized spacial score (nSPS) is 13.9. The first-order valence-electron chi connectivity index (χ1n) is 8.41. The van der Waals surface area contributed by atoms with Crippen molar-refractivity contribution in [2.24, 2.45) is 0 Å². The number of ether oxygens (including phenoxy) is 1. The predicted octanol–water partition coefficient (Wildman–Crippen LogP) is 1.77. The zero-order chi connectivity index (χ0) is 16.1. The van der Waals surface area contributed by atoms with E-state index in [9.17, 15) is 5.11 Å². The van der Waals surface area contributed by atoms with Gasteiger partial charge in [-0.3, -0.25) is 5.32 Å². The van der Waals surface area contributed by atoms with Crippen LogP contribution < -0.4 is 10.6 Å². The van der Waals surface area contributed by atoms with Gasteiger partial charge in [-0.15, -0.1) is 0 Å². The maximum Gasteiger partial charge on any atom is 0.214 e. The maximum atomic E-state index is 9.66. The van der Waals surface area contributed by atoms with Gasteiger partial charge in [0.2, 0.25) is 6.41 Å². The number of hydrogen-bond acceptors (Lipinski definition) is 5. The van der Waals surface area contributed by atoms with Crippen molar-refractivity contribution in [2.75, 3.05) is 39.3 Å². The van der Waals surface area contributed by atoms with Gasteiger partial charge in [-0.2, -0.15) is 0 Å². The summed E-state index contributed by atoms with van der Waals surface area (Å²) in [6.45, 7) is 16.5. The summed E-state index contributed by atoms with van der Waals surface area (Å²) in [5.74, 6) is 0. The quantitative estimate of drug-likeness (QED) is 0.358. The van der Waals surface area contributed by atoms with E-state index in [0.717, 1.165) is 52.1 Å². The first-order valence-corrected chi connectivity index (χ1v) is 8.41. The molecule has 0 radical (unpaired) electrons. The van der Waals surface area contributed by atoms with Crippen LogP contribution in [0.3, 0.4) is 0 Å². The fraction of sp³-hybridized carbons (Fsp3) is 1.00. The zero-order valence-corrected chi connectivity index (χ0v) is 14.7. The summed E-state index contributed by atoms with van der Waals surface area (Å²) in [5.41, 5.74) is -0.321. The second-order valence-electron chi connectivity index (χ2n) is 6.39. The highest BCUT2D eigenvalue weighted by Gasteiger charge is 2.15. The Bertz CT molecular complexity index is 232. The van der Waals surface area contributed by atoms with Crippen molar-refractivity contribution < 1.29 is 9.84 Å². The molecule has 128 valence electrons. The van der Waals surface area contributed by atoms with Crippen LogP contribution in [-0.4, -0.2) is 61.3 Å². The minimum Gasteiger partial charge on any atom is -0.356 e. The number of aliphatic hydroxyl groups excluding tert-OH is 1. The van der Waals surface area contributed by atoms with Crippen molar-refractivity contribution >= 4 is 0 Å². The third-order valence-corrected chi connectivity index (χ3v) is 3.21. The van der Waals surface area contributed by atoms with Crippen LogP contribution in [0.5, 0.6) is 0 Å². The molecule has 5 nitrogen and oxygen atoms in total. The van der Waals surface area contributed by atoms with Crippen LogP contribution >= 0.6 is 0 Å². The van der Waals surface area contributed by atoms with Gasteiger partial charge in [0.1, 0.15) is 0 Å². The Morgan fingerprint density at radius 3 is 2.29 bits per heavy atom. The van der Waals surface area contributed by atoms with E-state index >= 15 is 0 Å². The standard InChI is InChI=1S/C16H37N3O2/c1-6-17-11-10-14-19(7-2)13-9-8-12-18-15(20)21-16(3,4)5/h15,17-18,20H,6-14H2,1-5H3. The van der Waals surface area contributed by atoms with Gasteiger partial charge in [0.15, 0.2) is 0 Å². The molecule has 0 saturated carbocycles. The monoisotopic (exact) mass is 303 g/mol. The summed E-state index contributed by atoms with van der Waals surface area (Å²) in [6.07, 6.45) is 2.53. The second-order valence-corrected chi connectivity index (χ2v) is 6.39. The Balaban J connectivity index is 3.54. The molecule has 1 atom stereocenters. The molecule has 5 heteroatoms. The van der Waals surface area contributed by atoms with Gasteiger partial charge < -0.3 is 20.1 Å². The van der Waals surface area contributed by atoms with E-state index in [0.29, 0.717) is 0 Å². The zero-order valence-electron chi connectivity index (χ0n) is 14.7. The van der Waals surface area contributed by atoms with Crippen molar-refractivity contribution in [3.63, 3.8) is 0 Å². The lowest BCUT2D eigenvalue weighted by molar-refractivity contribution is -0.181. The molecule has 0 rings (SSSR count). The Morgan fingerprint density at radius 1 is 1.05 bits per heavy atom. The molecular formula is C16H37N3O2. The minimum absolute atomic E-state index is 0.321. The molecule has 0 aliphatic heterocycles. The molecule has 0 fully saturated rings. The summed E-state index contributed by atoms with van der Waals surface area (Å²) in [6, 6.07) is 0. The van der Waals surface area contributed by atoms with Crippen LogP contribution in [-0.2, 0) is 4.74 Å². The van der Waals surface area contributed by atoms with Gasteiger partial charge in [-0.25, -0.2) is 0 Å². The van der Waals surface area contributed by atoms with Crippen molar-refractivity contribution in [1.29, 1.82) is 0 Å². The van der Waals surface area contributed by atoms with Crippen LogP contribution in [0.15, 0.2) is 0 Å². The van der Waals surface area contributed by atoms with E-state index in [1.165, 1.54) is 6.42 Å². The van der Waals surface area contributed by atoms with Crippen LogP contribution in [0.1, 0.15) is 53.9 Å². The number of nitrogens with one attached hydrogen (secondary N) is 2. The SMILES string of the molecule is CCNCCCN(CC)CCCCNC(O)OC(C)(C)C. The van der Waals surface area contributed by atoms with Crippen LogP contribution in [0.2, 0.25) is 0 Å². The lowest BCUT2D eigenvalue weighted by Crippen LogP contribution is -2.38. The van der Waals surface area contributed by atoms with Gasteiger partial charge >= 0.3 is 0 Å². The largest absolute Gasteiger partial charge is 0.356 e. The van der Waals surface area contributed by atoms with E-state index in [-0.39, 0.29) is 5.60 Å². The fourth-order valence-electron chi connectivity index (χ4n) is 2.09. The van der Waals surface area contributed by atoms with Gasteiger partial charge in [0.25, 0.3) is 0 Å². The topological polar surface area (TPSA) is 56.8 Å². The molecule has 0 aromatic carbocycles. The third kappa shape index (κ3) is 14.5. The molecule has 21 heavy (non-hydrogen) atoms. The Labute approximate surface area is 131 Å². The molecule has 0 heterocycles. The average Bonchev–Trinajstić information content (AvgIpc) is 2.38. The smallest absolute Gasteiger partial charge is 0.214 e. The highest BCUT2D eigenvalue weighted by Crippen LogP contribution is 2.07. The highest BCUT2D eigenvalue weighted by molar-refractivity contribution is 4.61. The van der Waals surface area contributed by atoms with Gasteiger partial charge in [0.05, 0.1) is 5.60 Å². The minimum atomic E-state index is -0.868. The van der Waals surface area contributed by atoms with Crippen LogP contribution in [0.4, 0.5) is 0 Å². The molecule has 0 aromatic heterocycles. The summed E-state index contributed by atoms with van der Waals surface area (Å²) >= 11 is 0. The number of hydrogen-bond donors (Lipinski definition) is 3. The number of rotatable bonds is 13. The number of aliphatic hydroxyl groups is 1. The third-order valence-electron chi connectivity index (χ3n) is 3.21. The Kier molecular flexibility index (Phi) is 12.2. The summed E-state index contributed by atoms with van der Waals surface area (Å²) in [5, 5.41) is 16.0. The van der Waals surface area contributed by atoms with E-state index in [1.807, 2.05) is 20.8 Å². The van der Waals surface area contributed by atoms with E-state index in [2.05, 4.69) is 29.4 Å². The Morgan fingerprint density at radius 2 is 1.71 bits per heavy atom. The predicted molar refractivity (Wildman–Crippen MR) is 89.4 cm³/mol. The number of nitrogens with zero attached hydrogens (tertiary/aromatic N) is 1.